The molecule has 27 heavy (non-hydrogen) atoms. The number of nitrogens with zero attached hydrogens (tertiary/aromatic N) is 2. The number of halogens is 1. The average molecular weight is 391 g/mol. The van der Waals surface area contributed by atoms with Gasteiger partial charge >= 0.3 is 0 Å². The highest BCUT2D eigenvalue weighted by molar-refractivity contribution is 7.89. The molecule has 0 aliphatic rings. The van der Waals surface area contributed by atoms with Crippen LogP contribution in [0.25, 0.3) is 11.5 Å². The number of aromatic nitrogens is 2. The van der Waals surface area contributed by atoms with Crippen LogP contribution >= 0.6 is 0 Å². The molecule has 9 heteroatoms. The lowest BCUT2D eigenvalue weighted by molar-refractivity contribution is 0.415. The van der Waals surface area contributed by atoms with Gasteiger partial charge in [0.05, 0.1) is 12.0 Å². The second-order valence-electron chi connectivity index (χ2n) is 5.79. The summed E-state index contributed by atoms with van der Waals surface area (Å²) in [7, 11) is -2.17. The fourth-order valence-corrected chi connectivity index (χ4v) is 3.75. The van der Waals surface area contributed by atoms with Gasteiger partial charge in [-0.3, -0.25) is 0 Å². The quantitative estimate of drug-likeness (QED) is 0.666. The Bertz CT molecular complexity index is 1030. The van der Waals surface area contributed by atoms with E-state index in [2.05, 4.69) is 14.9 Å². The van der Waals surface area contributed by atoms with E-state index in [-0.39, 0.29) is 17.9 Å². The second kappa shape index (κ2) is 7.85. The van der Waals surface area contributed by atoms with Gasteiger partial charge in [-0.15, -0.1) is 10.2 Å². The standard InChI is InChI=1S/C18H18FN3O4S/c1-12-11-14(19)5-8-16(12)27(23,24)20-10-9-17-21-22-18(26-17)13-3-6-15(25-2)7-4-13/h3-8,11,20H,9-10H2,1-2H3. The minimum Gasteiger partial charge on any atom is -0.497 e. The number of hydrogen-bond acceptors (Lipinski definition) is 6. The third-order valence-corrected chi connectivity index (χ3v) is 5.48. The summed E-state index contributed by atoms with van der Waals surface area (Å²) >= 11 is 0. The number of aryl methyl sites for hydroxylation is 1. The molecule has 0 radical (unpaired) electrons. The van der Waals surface area contributed by atoms with Crippen molar-refractivity contribution < 1.29 is 22.0 Å². The third kappa shape index (κ3) is 4.50. The number of rotatable bonds is 7. The normalized spacial score (nSPS) is 11.5. The van der Waals surface area contributed by atoms with Crippen molar-refractivity contribution >= 4 is 10.0 Å². The van der Waals surface area contributed by atoms with E-state index in [9.17, 15) is 12.8 Å². The monoisotopic (exact) mass is 391 g/mol. The SMILES string of the molecule is COc1ccc(-c2nnc(CCNS(=O)(=O)c3ccc(F)cc3C)o2)cc1. The summed E-state index contributed by atoms with van der Waals surface area (Å²) in [5.74, 6) is 0.872. The lowest BCUT2D eigenvalue weighted by Gasteiger charge is -2.08. The number of benzene rings is 2. The summed E-state index contributed by atoms with van der Waals surface area (Å²) in [6, 6.07) is 10.7. The highest BCUT2D eigenvalue weighted by atomic mass is 32.2. The Labute approximate surface area is 156 Å². The van der Waals surface area contributed by atoms with Crippen LogP contribution in [0.2, 0.25) is 0 Å². The molecule has 0 spiro atoms. The highest BCUT2D eigenvalue weighted by Gasteiger charge is 2.17. The maximum Gasteiger partial charge on any atom is 0.247 e. The predicted molar refractivity (Wildman–Crippen MR) is 96.3 cm³/mol. The Kier molecular flexibility index (Phi) is 5.52. The summed E-state index contributed by atoms with van der Waals surface area (Å²) in [6.45, 7) is 1.61. The molecular formula is C18H18FN3O4S. The summed E-state index contributed by atoms with van der Waals surface area (Å²) in [6.07, 6.45) is 0.225. The fourth-order valence-electron chi connectivity index (χ4n) is 2.49. The zero-order chi connectivity index (χ0) is 19.4. The van der Waals surface area contributed by atoms with Crippen molar-refractivity contribution in [2.24, 2.45) is 0 Å². The zero-order valence-corrected chi connectivity index (χ0v) is 15.6. The van der Waals surface area contributed by atoms with Crippen molar-refractivity contribution in [1.82, 2.24) is 14.9 Å². The van der Waals surface area contributed by atoms with Gasteiger partial charge in [-0.05, 0) is 55.0 Å². The molecule has 7 nitrogen and oxygen atoms in total. The summed E-state index contributed by atoms with van der Waals surface area (Å²) in [5.41, 5.74) is 1.07. The van der Waals surface area contributed by atoms with Gasteiger partial charge in [0, 0.05) is 18.5 Å². The molecular weight excluding hydrogens is 373 g/mol. The van der Waals surface area contributed by atoms with Crippen molar-refractivity contribution in [2.75, 3.05) is 13.7 Å². The first kappa shape index (κ1) is 19.0. The van der Waals surface area contributed by atoms with E-state index >= 15 is 0 Å². The molecule has 2 aromatic carbocycles. The largest absolute Gasteiger partial charge is 0.497 e. The van der Waals surface area contributed by atoms with Crippen molar-refractivity contribution in [3.05, 3.63) is 59.7 Å². The molecule has 3 aromatic rings. The lowest BCUT2D eigenvalue weighted by Crippen LogP contribution is -2.26. The fraction of sp³-hybridized carbons (Fsp3) is 0.222. The zero-order valence-electron chi connectivity index (χ0n) is 14.8. The first-order chi connectivity index (χ1) is 12.9. The molecule has 0 atom stereocenters. The molecule has 0 saturated heterocycles. The molecule has 1 N–H and O–H groups in total. The van der Waals surface area contributed by atoms with Crippen molar-refractivity contribution in [1.29, 1.82) is 0 Å². The summed E-state index contributed by atoms with van der Waals surface area (Å²) < 4.78 is 50.9. The Morgan fingerprint density at radius 2 is 1.89 bits per heavy atom. The van der Waals surface area contributed by atoms with Crippen molar-refractivity contribution in [3.63, 3.8) is 0 Å². The number of nitrogens with one attached hydrogen (secondary N) is 1. The van der Waals surface area contributed by atoms with E-state index in [1.807, 2.05) is 0 Å². The molecule has 142 valence electrons. The average Bonchev–Trinajstić information content (AvgIpc) is 3.10. The third-order valence-electron chi connectivity index (χ3n) is 3.86. The smallest absolute Gasteiger partial charge is 0.247 e. The Morgan fingerprint density at radius 3 is 2.56 bits per heavy atom. The van der Waals surface area contributed by atoms with Gasteiger partial charge in [-0.25, -0.2) is 17.5 Å². The van der Waals surface area contributed by atoms with Crippen LogP contribution in [0, 0.1) is 12.7 Å². The number of ether oxygens (including phenoxy) is 1. The number of sulfonamides is 1. The lowest BCUT2D eigenvalue weighted by atomic mass is 10.2. The van der Waals surface area contributed by atoms with E-state index in [1.165, 1.54) is 19.1 Å². The van der Waals surface area contributed by atoms with Crippen LogP contribution in [-0.2, 0) is 16.4 Å². The second-order valence-corrected chi connectivity index (χ2v) is 7.52. The molecule has 0 aliphatic carbocycles. The molecule has 3 rings (SSSR count). The highest BCUT2D eigenvalue weighted by Crippen LogP contribution is 2.21. The predicted octanol–water partition coefficient (Wildman–Crippen LogP) is 2.71. The van der Waals surface area contributed by atoms with E-state index < -0.39 is 15.8 Å². The number of hydrogen-bond donors (Lipinski definition) is 1. The molecule has 0 bridgehead atoms. The van der Waals surface area contributed by atoms with Gasteiger partial charge < -0.3 is 9.15 Å². The Balaban J connectivity index is 1.63. The van der Waals surface area contributed by atoms with E-state index in [0.29, 0.717) is 23.1 Å². The minimum atomic E-state index is -3.75. The van der Waals surface area contributed by atoms with Crippen LogP contribution in [0.15, 0.2) is 51.8 Å². The van der Waals surface area contributed by atoms with Gasteiger partial charge in [0.25, 0.3) is 0 Å². The van der Waals surface area contributed by atoms with E-state index in [0.717, 1.165) is 11.6 Å². The van der Waals surface area contributed by atoms with Crippen LogP contribution in [0.3, 0.4) is 0 Å². The van der Waals surface area contributed by atoms with E-state index in [1.54, 1.807) is 31.4 Å². The van der Waals surface area contributed by atoms with Crippen LogP contribution in [-0.4, -0.2) is 32.3 Å². The van der Waals surface area contributed by atoms with Crippen LogP contribution in [0.1, 0.15) is 11.5 Å². The maximum absolute atomic E-state index is 13.1. The van der Waals surface area contributed by atoms with Gasteiger partial charge in [-0.2, -0.15) is 0 Å². The molecule has 0 aliphatic heterocycles. The molecule has 1 aromatic heterocycles. The van der Waals surface area contributed by atoms with Crippen LogP contribution in [0.4, 0.5) is 4.39 Å². The molecule has 0 saturated carbocycles. The van der Waals surface area contributed by atoms with Gasteiger partial charge in [0.1, 0.15) is 11.6 Å². The van der Waals surface area contributed by atoms with Crippen LogP contribution in [0.5, 0.6) is 5.75 Å². The first-order valence-corrected chi connectivity index (χ1v) is 9.60. The maximum atomic E-state index is 13.1. The van der Waals surface area contributed by atoms with Crippen LogP contribution < -0.4 is 9.46 Å². The van der Waals surface area contributed by atoms with Gasteiger partial charge in [-0.1, -0.05) is 0 Å². The first-order valence-electron chi connectivity index (χ1n) is 8.11. The number of methoxy groups -OCH3 is 1. The van der Waals surface area contributed by atoms with E-state index in [4.69, 9.17) is 9.15 Å². The summed E-state index contributed by atoms with van der Waals surface area (Å²) in [4.78, 5) is 0.0355. The van der Waals surface area contributed by atoms with Crippen molar-refractivity contribution in [2.45, 2.75) is 18.2 Å². The minimum absolute atomic E-state index is 0.0355. The summed E-state index contributed by atoms with van der Waals surface area (Å²) in [5, 5.41) is 7.89. The molecule has 0 fully saturated rings. The molecule has 1 heterocycles. The Morgan fingerprint density at radius 1 is 1.15 bits per heavy atom. The topological polar surface area (TPSA) is 94.3 Å². The van der Waals surface area contributed by atoms with Gasteiger partial charge in [0.2, 0.25) is 21.8 Å². The van der Waals surface area contributed by atoms with Crippen molar-refractivity contribution in [3.8, 4) is 17.2 Å². The molecule has 0 unspecified atom stereocenters. The molecule has 0 amide bonds. The Hall–Kier alpha value is -2.78. The van der Waals surface area contributed by atoms with Gasteiger partial charge in [0.15, 0.2) is 0 Å².